The van der Waals surface area contributed by atoms with Gasteiger partial charge in [0.2, 0.25) is 0 Å². The van der Waals surface area contributed by atoms with E-state index in [1.165, 1.54) is 0 Å². The minimum Gasteiger partial charge on any atom is -0.314 e. The Kier molecular flexibility index (Phi) is 3.48. The van der Waals surface area contributed by atoms with Gasteiger partial charge in [0.1, 0.15) is 0 Å². The predicted molar refractivity (Wildman–Crippen MR) is 48.2 cm³/mol. The first kappa shape index (κ1) is 9.16. The zero-order chi connectivity index (χ0) is 8.27. The highest BCUT2D eigenvalue weighted by Crippen LogP contribution is 1.94. The maximum Gasteiger partial charge on any atom is 0.0383 e. The van der Waals surface area contributed by atoms with Crippen LogP contribution in [0.3, 0.4) is 0 Å². The molecule has 1 aliphatic heterocycles. The van der Waals surface area contributed by atoms with Crippen LogP contribution in [-0.4, -0.2) is 41.4 Å². The fraction of sp³-hybridized carbons (Fsp3) is 1.00. The molecule has 2 N–H and O–H groups in total. The third kappa shape index (κ3) is 3.31. The summed E-state index contributed by atoms with van der Waals surface area (Å²) in [5.74, 6) is 0.760. The minimum absolute atomic E-state index is 0.382. The second kappa shape index (κ2) is 4.18. The number of nitrogens with one attached hydrogen (secondary N) is 2. The first-order chi connectivity index (χ1) is 5.18. The molecule has 0 aromatic carbocycles. The summed E-state index contributed by atoms with van der Waals surface area (Å²) in [7, 11) is -0.673. The van der Waals surface area contributed by atoms with Crippen LogP contribution in [0.4, 0.5) is 0 Å². The van der Waals surface area contributed by atoms with E-state index in [4.69, 9.17) is 0 Å². The van der Waals surface area contributed by atoms with Crippen LogP contribution in [0.15, 0.2) is 0 Å². The fourth-order valence-corrected chi connectivity index (χ4v) is 2.01. The van der Waals surface area contributed by atoms with Crippen LogP contribution in [0, 0.1) is 0 Å². The van der Waals surface area contributed by atoms with Gasteiger partial charge in [-0.05, 0) is 6.92 Å². The van der Waals surface area contributed by atoms with Gasteiger partial charge in [-0.25, -0.2) is 0 Å². The van der Waals surface area contributed by atoms with Crippen molar-refractivity contribution in [3.63, 3.8) is 0 Å². The van der Waals surface area contributed by atoms with Gasteiger partial charge in [0, 0.05) is 48.0 Å². The maximum atomic E-state index is 10.8. The van der Waals surface area contributed by atoms with Crippen LogP contribution in [0.2, 0.25) is 0 Å². The lowest BCUT2D eigenvalue weighted by Crippen LogP contribution is -2.58. The summed E-state index contributed by atoms with van der Waals surface area (Å²) in [4.78, 5) is 0. The zero-order valence-corrected chi connectivity index (χ0v) is 7.91. The van der Waals surface area contributed by atoms with Gasteiger partial charge in [0.05, 0.1) is 0 Å². The number of hydrogen-bond donors (Lipinski definition) is 2. The Morgan fingerprint density at radius 1 is 1.73 bits per heavy atom. The molecule has 66 valence electrons. The topological polar surface area (TPSA) is 41.1 Å². The summed E-state index contributed by atoms with van der Waals surface area (Å²) < 4.78 is 10.8. The lowest BCUT2D eigenvalue weighted by atomic mass is 10.1. The van der Waals surface area contributed by atoms with E-state index in [0.717, 1.165) is 18.8 Å². The van der Waals surface area contributed by atoms with Gasteiger partial charge >= 0.3 is 0 Å². The van der Waals surface area contributed by atoms with Gasteiger partial charge in [0.25, 0.3) is 0 Å². The Morgan fingerprint density at radius 2 is 2.36 bits per heavy atom. The lowest BCUT2D eigenvalue weighted by molar-refractivity contribution is 0.345. The molecule has 0 aromatic heterocycles. The van der Waals surface area contributed by atoms with Crippen molar-refractivity contribution in [1.82, 2.24) is 10.6 Å². The average molecular weight is 176 g/mol. The summed E-state index contributed by atoms with van der Waals surface area (Å²) >= 11 is 0. The van der Waals surface area contributed by atoms with Gasteiger partial charge < -0.3 is 10.6 Å². The quantitative estimate of drug-likeness (QED) is 0.596. The van der Waals surface area contributed by atoms with E-state index in [9.17, 15) is 4.21 Å². The monoisotopic (exact) mass is 176 g/mol. The summed E-state index contributed by atoms with van der Waals surface area (Å²) in [6, 6.07) is 0.987. The van der Waals surface area contributed by atoms with Crippen LogP contribution >= 0.6 is 0 Å². The highest BCUT2D eigenvalue weighted by Gasteiger charge is 2.18. The molecule has 1 saturated heterocycles. The molecule has 0 bridgehead atoms. The van der Waals surface area contributed by atoms with Gasteiger partial charge in [0.15, 0.2) is 0 Å². The molecule has 0 spiro atoms. The molecule has 0 amide bonds. The van der Waals surface area contributed by atoms with E-state index < -0.39 is 10.8 Å². The minimum atomic E-state index is -0.673. The molecule has 0 aliphatic carbocycles. The highest BCUT2D eigenvalue weighted by molar-refractivity contribution is 7.84. The van der Waals surface area contributed by atoms with Crippen LogP contribution in [0.25, 0.3) is 0 Å². The van der Waals surface area contributed by atoms with Crippen molar-refractivity contribution in [2.75, 3.05) is 25.1 Å². The van der Waals surface area contributed by atoms with Crippen LogP contribution in [0.5, 0.6) is 0 Å². The zero-order valence-electron chi connectivity index (χ0n) is 7.09. The Bertz CT molecular complexity index is 147. The molecule has 4 heteroatoms. The molecule has 0 aromatic rings. The second-order valence-corrected chi connectivity index (χ2v) is 4.64. The van der Waals surface area contributed by atoms with E-state index in [2.05, 4.69) is 17.6 Å². The maximum absolute atomic E-state index is 10.8. The first-order valence-electron chi connectivity index (χ1n) is 3.95. The molecular weight excluding hydrogens is 160 g/mol. The Labute approximate surface area is 70.4 Å². The highest BCUT2D eigenvalue weighted by atomic mass is 32.2. The summed E-state index contributed by atoms with van der Waals surface area (Å²) in [6.45, 7) is 4.20. The SMILES string of the molecule is CC(CS(C)=O)NC1CNC1. The second-order valence-electron chi connectivity index (χ2n) is 3.16. The van der Waals surface area contributed by atoms with E-state index in [1.807, 2.05) is 0 Å². The molecule has 3 nitrogen and oxygen atoms in total. The number of hydrogen-bond acceptors (Lipinski definition) is 3. The van der Waals surface area contributed by atoms with Gasteiger partial charge in [-0.1, -0.05) is 0 Å². The molecule has 11 heavy (non-hydrogen) atoms. The van der Waals surface area contributed by atoms with Crippen LogP contribution in [0.1, 0.15) is 6.92 Å². The van der Waals surface area contributed by atoms with Crippen molar-refractivity contribution >= 4 is 10.8 Å². The van der Waals surface area contributed by atoms with Crippen molar-refractivity contribution in [3.8, 4) is 0 Å². The van der Waals surface area contributed by atoms with Crippen molar-refractivity contribution in [3.05, 3.63) is 0 Å². The van der Waals surface area contributed by atoms with Gasteiger partial charge in [-0.2, -0.15) is 0 Å². The summed E-state index contributed by atoms with van der Waals surface area (Å²) in [6.07, 6.45) is 1.75. The Morgan fingerprint density at radius 3 is 2.73 bits per heavy atom. The van der Waals surface area contributed by atoms with Crippen molar-refractivity contribution < 1.29 is 4.21 Å². The average Bonchev–Trinajstić information content (AvgIpc) is 1.77. The predicted octanol–water partition coefficient (Wildman–Crippen LogP) is -0.685. The van der Waals surface area contributed by atoms with E-state index in [-0.39, 0.29) is 0 Å². The third-order valence-corrected chi connectivity index (χ3v) is 2.76. The first-order valence-corrected chi connectivity index (χ1v) is 5.68. The van der Waals surface area contributed by atoms with E-state index in [1.54, 1.807) is 6.26 Å². The summed E-state index contributed by atoms with van der Waals surface area (Å²) in [5.41, 5.74) is 0. The standard InChI is InChI=1S/C7H16N2OS/c1-6(5-11(2)10)9-7-3-8-4-7/h6-9H,3-5H2,1-2H3. The summed E-state index contributed by atoms with van der Waals surface area (Å²) in [5, 5.41) is 6.57. The van der Waals surface area contributed by atoms with Gasteiger partial charge in [-0.3, -0.25) is 4.21 Å². The molecular formula is C7H16N2OS. The molecule has 1 aliphatic rings. The molecule has 0 radical (unpaired) electrons. The number of rotatable bonds is 4. The van der Waals surface area contributed by atoms with Crippen molar-refractivity contribution in [2.24, 2.45) is 0 Å². The van der Waals surface area contributed by atoms with Crippen molar-refractivity contribution in [2.45, 2.75) is 19.0 Å². The van der Waals surface area contributed by atoms with Crippen molar-refractivity contribution in [1.29, 1.82) is 0 Å². The molecule has 2 atom stereocenters. The Balaban J connectivity index is 2.09. The lowest BCUT2D eigenvalue weighted by Gasteiger charge is -2.30. The Hall–Kier alpha value is 0.0700. The van der Waals surface area contributed by atoms with Crippen LogP contribution < -0.4 is 10.6 Å². The molecule has 1 heterocycles. The fourth-order valence-electron chi connectivity index (χ4n) is 1.21. The molecule has 2 unspecified atom stereocenters. The van der Waals surface area contributed by atoms with E-state index >= 15 is 0 Å². The van der Waals surface area contributed by atoms with E-state index in [0.29, 0.717) is 12.1 Å². The largest absolute Gasteiger partial charge is 0.314 e. The molecule has 0 saturated carbocycles. The normalized spacial score (nSPS) is 24.2. The van der Waals surface area contributed by atoms with Crippen LogP contribution in [-0.2, 0) is 10.8 Å². The molecule has 1 rings (SSSR count). The smallest absolute Gasteiger partial charge is 0.0383 e. The third-order valence-electron chi connectivity index (χ3n) is 1.79. The molecule has 1 fully saturated rings. The van der Waals surface area contributed by atoms with Gasteiger partial charge in [-0.15, -0.1) is 0 Å².